The summed E-state index contributed by atoms with van der Waals surface area (Å²) in [5, 5.41) is 3.53. The summed E-state index contributed by atoms with van der Waals surface area (Å²) in [6.45, 7) is 13.0. The Kier molecular flexibility index (Phi) is 6.03. The Morgan fingerprint density at radius 1 is 1.50 bits per heavy atom. The first-order chi connectivity index (χ1) is 8.60. The third kappa shape index (κ3) is 3.94. The van der Waals surface area contributed by atoms with E-state index in [1.165, 1.54) is 23.4 Å². The predicted molar refractivity (Wildman–Crippen MR) is 76.0 cm³/mol. The molecule has 0 saturated carbocycles. The van der Waals surface area contributed by atoms with Crippen LogP contribution in [0.2, 0.25) is 0 Å². The fourth-order valence-electron chi connectivity index (χ4n) is 2.13. The van der Waals surface area contributed by atoms with Crippen molar-refractivity contribution in [1.82, 2.24) is 10.2 Å². The number of hydrogen-bond donors (Lipinski definition) is 1. The summed E-state index contributed by atoms with van der Waals surface area (Å²) in [6.07, 6.45) is 2.15. The average molecular weight is 250 g/mol. The highest BCUT2D eigenvalue weighted by atomic mass is 16.5. The van der Waals surface area contributed by atoms with E-state index in [0.717, 1.165) is 19.5 Å². The fraction of sp³-hybridized carbons (Fsp3) is 0.667. The van der Waals surface area contributed by atoms with E-state index in [1.54, 1.807) is 7.11 Å². The molecule has 0 fully saturated rings. The van der Waals surface area contributed by atoms with Gasteiger partial charge in [-0.3, -0.25) is 0 Å². The second kappa shape index (κ2) is 7.30. The maximum atomic E-state index is 5.23. The van der Waals surface area contributed by atoms with Crippen LogP contribution in [0, 0.1) is 5.92 Å². The molecule has 3 nitrogen and oxygen atoms in total. The van der Waals surface area contributed by atoms with Crippen LogP contribution < -0.4 is 5.32 Å². The minimum Gasteiger partial charge on any atom is -0.383 e. The maximum absolute atomic E-state index is 5.23. The van der Waals surface area contributed by atoms with Gasteiger partial charge >= 0.3 is 0 Å². The zero-order valence-electron chi connectivity index (χ0n) is 12.2. The van der Waals surface area contributed by atoms with Gasteiger partial charge in [-0.25, -0.2) is 0 Å². The van der Waals surface area contributed by atoms with Crippen LogP contribution in [0.4, 0.5) is 0 Å². The Morgan fingerprint density at radius 2 is 2.22 bits per heavy atom. The van der Waals surface area contributed by atoms with E-state index < -0.39 is 0 Å². The molecule has 0 aromatic heterocycles. The van der Waals surface area contributed by atoms with Gasteiger partial charge in [0, 0.05) is 31.5 Å². The first kappa shape index (κ1) is 14.9. The van der Waals surface area contributed by atoms with E-state index in [9.17, 15) is 0 Å². The number of nitrogens with one attached hydrogen (secondary N) is 1. The summed E-state index contributed by atoms with van der Waals surface area (Å²) in [5.41, 5.74) is 6.68. The van der Waals surface area contributed by atoms with Gasteiger partial charge in [-0.15, -0.1) is 5.73 Å². The van der Waals surface area contributed by atoms with Gasteiger partial charge in [-0.05, 0) is 25.7 Å². The highest BCUT2D eigenvalue weighted by Crippen LogP contribution is 2.24. The molecule has 0 saturated heterocycles. The Labute approximate surface area is 111 Å². The number of hydrogen-bond acceptors (Lipinski definition) is 3. The highest BCUT2D eigenvalue weighted by Gasteiger charge is 2.20. The summed E-state index contributed by atoms with van der Waals surface area (Å²) in [4.78, 5) is 2.25. The number of methoxy groups -OCH3 is 1. The second-order valence-electron chi connectivity index (χ2n) is 5.16. The molecule has 1 heterocycles. The van der Waals surface area contributed by atoms with Crippen LogP contribution in [0.3, 0.4) is 0 Å². The van der Waals surface area contributed by atoms with Gasteiger partial charge < -0.3 is 15.0 Å². The fourth-order valence-corrected chi connectivity index (χ4v) is 2.13. The van der Waals surface area contributed by atoms with Crippen molar-refractivity contribution in [2.75, 3.05) is 26.9 Å². The van der Waals surface area contributed by atoms with Crippen LogP contribution in [0.1, 0.15) is 33.6 Å². The number of nitrogens with zero attached hydrogens (tertiary/aromatic N) is 1. The second-order valence-corrected chi connectivity index (χ2v) is 5.16. The van der Waals surface area contributed by atoms with E-state index in [4.69, 9.17) is 4.74 Å². The van der Waals surface area contributed by atoms with Crippen LogP contribution >= 0.6 is 0 Å². The number of ether oxygens (including phenoxy) is 1. The number of allylic oxidation sites excluding steroid dienone is 2. The highest BCUT2D eigenvalue weighted by molar-refractivity contribution is 5.34. The monoisotopic (exact) mass is 250 g/mol. The van der Waals surface area contributed by atoms with Gasteiger partial charge in [0.1, 0.15) is 6.73 Å². The molecule has 18 heavy (non-hydrogen) atoms. The SMILES string of the molecule is C=C=C1CCN(COC)C(C)=C1NCCC(C)C. The van der Waals surface area contributed by atoms with Crippen LogP contribution in [0.5, 0.6) is 0 Å². The van der Waals surface area contributed by atoms with Crippen LogP contribution in [0.25, 0.3) is 0 Å². The van der Waals surface area contributed by atoms with E-state index in [-0.39, 0.29) is 0 Å². The molecule has 0 atom stereocenters. The molecule has 1 N–H and O–H groups in total. The molecule has 1 aliphatic heterocycles. The minimum atomic E-state index is 0.644. The maximum Gasteiger partial charge on any atom is 0.118 e. The van der Waals surface area contributed by atoms with Crippen molar-refractivity contribution >= 4 is 0 Å². The van der Waals surface area contributed by atoms with Crippen LogP contribution in [0.15, 0.2) is 29.3 Å². The van der Waals surface area contributed by atoms with Gasteiger partial charge in [0.05, 0.1) is 5.70 Å². The quantitative estimate of drug-likeness (QED) is 0.734. The normalized spacial score (nSPS) is 16.3. The summed E-state index contributed by atoms with van der Waals surface area (Å²) in [5.74, 6) is 0.716. The van der Waals surface area contributed by atoms with E-state index in [2.05, 4.69) is 43.3 Å². The van der Waals surface area contributed by atoms with Crippen molar-refractivity contribution in [3.8, 4) is 0 Å². The number of rotatable bonds is 6. The summed E-state index contributed by atoms with van der Waals surface area (Å²) < 4.78 is 5.23. The van der Waals surface area contributed by atoms with Crippen molar-refractivity contribution in [2.24, 2.45) is 5.92 Å². The molecule has 0 spiro atoms. The first-order valence-corrected chi connectivity index (χ1v) is 6.68. The summed E-state index contributed by atoms with van der Waals surface area (Å²) in [7, 11) is 1.73. The zero-order valence-corrected chi connectivity index (χ0v) is 12.2. The molecular weight excluding hydrogens is 224 g/mol. The van der Waals surface area contributed by atoms with Gasteiger partial charge in [-0.2, -0.15) is 0 Å². The van der Waals surface area contributed by atoms with E-state index in [0.29, 0.717) is 12.6 Å². The molecule has 0 aromatic carbocycles. The van der Waals surface area contributed by atoms with Gasteiger partial charge in [0.15, 0.2) is 0 Å². The van der Waals surface area contributed by atoms with Crippen LogP contribution in [-0.2, 0) is 4.74 Å². The molecule has 0 bridgehead atoms. The molecule has 0 aromatic rings. The molecule has 102 valence electrons. The largest absolute Gasteiger partial charge is 0.383 e. The van der Waals surface area contributed by atoms with E-state index >= 15 is 0 Å². The Balaban J connectivity index is 2.77. The topological polar surface area (TPSA) is 24.5 Å². The Hall–Kier alpha value is -1.18. The third-order valence-corrected chi connectivity index (χ3v) is 3.29. The van der Waals surface area contributed by atoms with Crippen molar-refractivity contribution in [3.63, 3.8) is 0 Å². The lowest BCUT2D eigenvalue weighted by Crippen LogP contribution is -2.34. The van der Waals surface area contributed by atoms with Gasteiger partial charge in [-0.1, -0.05) is 20.4 Å². The van der Waals surface area contributed by atoms with Crippen molar-refractivity contribution < 1.29 is 4.74 Å². The van der Waals surface area contributed by atoms with Crippen LogP contribution in [-0.4, -0.2) is 31.8 Å². The third-order valence-electron chi connectivity index (χ3n) is 3.29. The smallest absolute Gasteiger partial charge is 0.118 e. The molecule has 1 aliphatic rings. The Bertz CT molecular complexity index is 352. The summed E-state index contributed by atoms with van der Waals surface area (Å²) in [6, 6.07) is 0. The molecule has 0 amide bonds. The van der Waals surface area contributed by atoms with E-state index in [1.807, 2.05) is 0 Å². The lowest BCUT2D eigenvalue weighted by Gasteiger charge is -2.32. The summed E-state index contributed by atoms with van der Waals surface area (Å²) >= 11 is 0. The lowest BCUT2D eigenvalue weighted by atomic mass is 10.0. The van der Waals surface area contributed by atoms with Crippen molar-refractivity contribution in [1.29, 1.82) is 0 Å². The van der Waals surface area contributed by atoms with Gasteiger partial charge in [0.2, 0.25) is 0 Å². The van der Waals surface area contributed by atoms with Crippen molar-refractivity contribution in [3.05, 3.63) is 29.3 Å². The average Bonchev–Trinajstić information content (AvgIpc) is 2.33. The van der Waals surface area contributed by atoms with Crippen molar-refractivity contribution in [2.45, 2.75) is 33.6 Å². The minimum absolute atomic E-state index is 0.644. The molecule has 0 unspecified atom stereocenters. The molecule has 0 radical (unpaired) electrons. The lowest BCUT2D eigenvalue weighted by molar-refractivity contribution is 0.0840. The first-order valence-electron chi connectivity index (χ1n) is 6.68. The standard InChI is InChI=1S/C15H26N2O/c1-6-14-8-10-17(11-18-5)13(4)15(14)16-9-7-12(2)3/h12,16H,1,7-11H2,2-5H3. The zero-order chi connectivity index (χ0) is 13.5. The van der Waals surface area contributed by atoms with Gasteiger partial charge in [0.25, 0.3) is 0 Å². The molecule has 0 aliphatic carbocycles. The molecule has 3 heteroatoms. The molecule has 1 rings (SSSR count). The molecular formula is C15H26N2O. The Morgan fingerprint density at radius 3 is 2.78 bits per heavy atom. The predicted octanol–water partition coefficient (Wildman–Crippen LogP) is 2.87.